The summed E-state index contributed by atoms with van der Waals surface area (Å²) >= 11 is 0. The van der Waals surface area contributed by atoms with Crippen molar-refractivity contribution < 1.29 is 9.47 Å². The van der Waals surface area contributed by atoms with Crippen molar-refractivity contribution in [1.29, 1.82) is 0 Å². The zero-order chi connectivity index (χ0) is 25.1. The molecule has 0 spiro atoms. The average Bonchev–Trinajstić information content (AvgIpc) is 3.38. The molecule has 0 N–H and O–H groups in total. The van der Waals surface area contributed by atoms with Crippen LogP contribution in [0.3, 0.4) is 0 Å². The molecule has 1 unspecified atom stereocenters. The van der Waals surface area contributed by atoms with Gasteiger partial charge in [-0.05, 0) is 64.5 Å². The zero-order valence-corrected chi connectivity index (χ0v) is 24.1. The lowest BCUT2D eigenvalue weighted by atomic mass is 10.1. The van der Waals surface area contributed by atoms with E-state index in [9.17, 15) is 0 Å². The van der Waals surface area contributed by atoms with E-state index in [0.717, 1.165) is 19.8 Å². The molecule has 208 valence electrons. The Kier molecular flexibility index (Phi) is 24.9. The summed E-state index contributed by atoms with van der Waals surface area (Å²) < 4.78 is 12.4. The first-order valence-electron chi connectivity index (χ1n) is 16.0. The van der Waals surface area contributed by atoms with Crippen LogP contribution in [-0.2, 0) is 9.47 Å². The molecule has 1 aliphatic heterocycles. The molecule has 0 radical (unpaired) electrons. The van der Waals surface area contributed by atoms with Gasteiger partial charge in [0.2, 0.25) is 0 Å². The Morgan fingerprint density at radius 2 is 0.943 bits per heavy atom. The second kappa shape index (κ2) is 26.7. The summed E-state index contributed by atoms with van der Waals surface area (Å²) in [6.07, 6.45) is 34.3. The van der Waals surface area contributed by atoms with Gasteiger partial charge in [0.05, 0.1) is 0 Å². The van der Waals surface area contributed by atoms with Gasteiger partial charge in [-0.2, -0.15) is 0 Å². The Morgan fingerprint density at radius 3 is 1.46 bits per heavy atom. The van der Waals surface area contributed by atoms with Gasteiger partial charge in [0.1, 0.15) is 0 Å². The first kappa shape index (κ1) is 32.6. The van der Waals surface area contributed by atoms with E-state index in [-0.39, 0.29) is 6.29 Å². The lowest BCUT2D eigenvalue weighted by molar-refractivity contribution is -0.152. The van der Waals surface area contributed by atoms with E-state index >= 15 is 0 Å². The van der Waals surface area contributed by atoms with E-state index in [4.69, 9.17) is 9.47 Å². The molecule has 3 heteroatoms. The molecular formula is C32H63NO2. The molecular weight excluding hydrogens is 430 g/mol. The van der Waals surface area contributed by atoms with Gasteiger partial charge in [0, 0.05) is 19.8 Å². The predicted octanol–water partition coefficient (Wildman–Crippen LogP) is 9.84. The Morgan fingerprint density at radius 1 is 0.543 bits per heavy atom. The lowest BCUT2D eigenvalue weighted by Gasteiger charge is -2.24. The summed E-state index contributed by atoms with van der Waals surface area (Å²) in [4.78, 5) is 2.52. The van der Waals surface area contributed by atoms with Crippen molar-refractivity contribution in [1.82, 2.24) is 4.90 Å². The Bertz CT molecular complexity index is 433. The highest BCUT2D eigenvalue weighted by atomic mass is 16.7. The fourth-order valence-electron chi connectivity index (χ4n) is 4.99. The normalized spacial score (nSPS) is 15.5. The standard InChI is InChI=1S/C32H63NO2/c1-3-5-7-9-11-12-13-14-15-16-17-18-19-20-22-26-30-35-32(31-33-27-23-24-28-33)34-29-25-21-10-8-6-4-2/h11-12,32H,3-10,13-31H2,1-2H3/b12-11-. The summed E-state index contributed by atoms with van der Waals surface area (Å²) in [6.45, 7) is 9.68. The maximum absolute atomic E-state index is 6.20. The van der Waals surface area contributed by atoms with Crippen molar-refractivity contribution in [3.63, 3.8) is 0 Å². The van der Waals surface area contributed by atoms with Crippen molar-refractivity contribution in [2.45, 2.75) is 161 Å². The summed E-state index contributed by atoms with van der Waals surface area (Å²) in [5.74, 6) is 0. The van der Waals surface area contributed by atoms with Crippen LogP contribution < -0.4 is 0 Å². The van der Waals surface area contributed by atoms with Gasteiger partial charge in [-0.15, -0.1) is 0 Å². The highest BCUT2D eigenvalue weighted by Crippen LogP contribution is 2.14. The van der Waals surface area contributed by atoms with Crippen LogP contribution in [0.2, 0.25) is 0 Å². The third-order valence-electron chi connectivity index (χ3n) is 7.37. The number of likely N-dealkylation sites (tertiary alicyclic amines) is 1. The fraction of sp³-hybridized carbons (Fsp3) is 0.938. The van der Waals surface area contributed by atoms with E-state index < -0.39 is 0 Å². The van der Waals surface area contributed by atoms with Gasteiger partial charge in [0.15, 0.2) is 6.29 Å². The summed E-state index contributed by atoms with van der Waals surface area (Å²) in [7, 11) is 0. The quantitative estimate of drug-likeness (QED) is 0.0645. The first-order chi connectivity index (χ1) is 17.4. The van der Waals surface area contributed by atoms with E-state index in [1.54, 1.807) is 0 Å². The molecule has 1 atom stereocenters. The monoisotopic (exact) mass is 493 g/mol. The number of ether oxygens (including phenoxy) is 2. The minimum Gasteiger partial charge on any atom is -0.351 e. The highest BCUT2D eigenvalue weighted by molar-refractivity contribution is 4.81. The number of unbranched alkanes of at least 4 members (excludes halogenated alkanes) is 17. The van der Waals surface area contributed by atoms with Crippen LogP contribution in [0, 0.1) is 0 Å². The SMILES string of the molecule is CCCCC/C=C\CCCCCCCCCCCOC(CN1CCCC1)OCCCCCCCC. The first-order valence-corrected chi connectivity index (χ1v) is 16.0. The maximum atomic E-state index is 6.20. The molecule has 0 aromatic carbocycles. The minimum absolute atomic E-state index is 0.0186. The molecule has 1 rings (SSSR count). The van der Waals surface area contributed by atoms with Crippen LogP contribution in [-0.4, -0.2) is 44.0 Å². The van der Waals surface area contributed by atoms with E-state index in [2.05, 4.69) is 30.9 Å². The summed E-state index contributed by atoms with van der Waals surface area (Å²) in [5.41, 5.74) is 0. The van der Waals surface area contributed by atoms with Gasteiger partial charge >= 0.3 is 0 Å². The second-order valence-electron chi connectivity index (χ2n) is 10.9. The summed E-state index contributed by atoms with van der Waals surface area (Å²) in [6, 6.07) is 0. The molecule has 1 fully saturated rings. The van der Waals surface area contributed by atoms with Gasteiger partial charge in [-0.3, -0.25) is 4.90 Å². The molecule has 1 saturated heterocycles. The van der Waals surface area contributed by atoms with Gasteiger partial charge in [-0.1, -0.05) is 116 Å². The van der Waals surface area contributed by atoms with Crippen LogP contribution in [0.15, 0.2) is 12.2 Å². The van der Waals surface area contributed by atoms with E-state index in [0.29, 0.717) is 0 Å². The van der Waals surface area contributed by atoms with Crippen molar-refractivity contribution in [3.05, 3.63) is 12.2 Å². The van der Waals surface area contributed by atoms with E-state index in [1.165, 1.54) is 154 Å². The Labute approximate surface area is 220 Å². The van der Waals surface area contributed by atoms with Crippen molar-refractivity contribution in [3.8, 4) is 0 Å². The fourth-order valence-corrected chi connectivity index (χ4v) is 4.99. The van der Waals surface area contributed by atoms with Crippen LogP contribution in [0.5, 0.6) is 0 Å². The molecule has 0 amide bonds. The molecule has 0 aromatic rings. The summed E-state index contributed by atoms with van der Waals surface area (Å²) in [5, 5.41) is 0. The smallest absolute Gasteiger partial charge is 0.170 e. The Hall–Kier alpha value is -0.380. The number of hydrogen-bond donors (Lipinski definition) is 0. The van der Waals surface area contributed by atoms with Crippen molar-refractivity contribution in [2.24, 2.45) is 0 Å². The molecule has 0 saturated carbocycles. The zero-order valence-electron chi connectivity index (χ0n) is 24.1. The lowest BCUT2D eigenvalue weighted by Crippen LogP contribution is -2.34. The highest BCUT2D eigenvalue weighted by Gasteiger charge is 2.18. The average molecular weight is 494 g/mol. The molecule has 0 bridgehead atoms. The third-order valence-corrected chi connectivity index (χ3v) is 7.37. The Balaban J connectivity index is 1.93. The van der Waals surface area contributed by atoms with Crippen molar-refractivity contribution in [2.75, 3.05) is 32.8 Å². The molecule has 3 nitrogen and oxygen atoms in total. The number of rotatable bonds is 27. The number of nitrogens with zero attached hydrogens (tertiary/aromatic N) is 1. The minimum atomic E-state index is -0.0186. The van der Waals surface area contributed by atoms with Gasteiger partial charge in [-0.25, -0.2) is 0 Å². The van der Waals surface area contributed by atoms with Gasteiger partial charge in [0.25, 0.3) is 0 Å². The maximum Gasteiger partial charge on any atom is 0.170 e. The molecule has 1 aliphatic rings. The van der Waals surface area contributed by atoms with Gasteiger partial charge < -0.3 is 9.47 Å². The molecule has 0 aromatic heterocycles. The van der Waals surface area contributed by atoms with Crippen molar-refractivity contribution >= 4 is 0 Å². The number of allylic oxidation sites excluding steroid dienone is 2. The third kappa shape index (κ3) is 22.5. The predicted molar refractivity (Wildman–Crippen MR) is 154 cm³/mol. The molecule has 1 heterocycles. The van der Waals surface area contributed by atoms with Crippen LogP contribution in [0.1, 0.15) is 155 Å². The molecule has 0 aliphatic carbocycles. The van der Waals surface area contributed by atoms with Crippen LogP contribution in [0.4, 0.5) is 0 Å². The van der Waals surface area contributed by atoms with Crippen LogP contribution >= 0.6 is 0 Å². The molecule has 35 heavy (non-hydrogen) atoms. The second-order valence-corrected chi connectivity index (χ2v) is 10.9. The largest absolute Gasteiger partial charge is 0.351 e. The van der Waals surface area contributed by atoms with Crippen LogP contribution in [0.25, 0.3) is 0 Å². The van der Waals surface area contributed by atoms with E-state index in [1.807, 2.05) is 0 Å². The topological polar surface area (TPSA) is 21.7 Å². The number of hydrogen-bond acceptors (Lipinski definition) is 3.